The lowest BCUT2D eigenvalue weighted by Gasteiger charge is -2.02. The third kappa shape index (κ3) is 3.04. The lowest BCUT2D eigenvalue weighted by Crippen LogP contribution is -1.99. The van der Waals surface area contributed by atoms with Crippen LogP contribution in [0.1, 0.15) is 12.7 Å². The molecule has 0 aliphatic heterocycles. The van der Waals surface area contributed by atoms with Gasteiger partial charge in [-0.2, -0.15) is 0 Å². The zero-order valence-corrected chi connectivity index (χ0v) is 10.5. The molecule has 1 aromatic carbocycles. The molecule has 0 saturated carbocycles. The second-order valence-electron chi connectivity index (χ2n) is 3.72. The fourth-order valence-corrected chi connectivity index (χ4v) is 1.53. The summed E-state index contributed by atoms with van der Waals surface area (Å²) in [7, 11) is 1.55. The van der Waals surface area contributed by atoms with Gasteiger partial charge in [0.1, 0.15) is 5.75 Å². The summed E-state index contributed by atoms with van der Waals surface area (Å²) in [6.07, 6.45) is 0. The fraction of sp³-hybridized carbons (Fsp3) is 0.231. The molecule has 6 heteroatoms. The summed E-state index contributed by atoms with van der Waals surface area (Å²) in [5.41, 5.74) is 0.633. The van der Waals surface area contributed by atoms with Gasteiger partial charge in [0.25, 0.3) is 0 Å². The van der Waals surface area contributed by atoms with Crippen LogP contribution in [-0.4, -0.2) is 13.1 Å². The first-order valence-corrected chi connectivity index (χ1v) is 5.50. The zero-order chi connectivity index (χ0) is 13.8. The van der Waals surface area contributed by atoms with E-state index in [-0.39, 0.29) is 18.1 Å². The number of hydrogen-bond donors (Lipinski definition) is 0. The summed E-state index contributed by atoms with van der Waals surface area (Å²) in [6, 6.07) is 6.86. The van der Waals surface area contributed by atoms with Crippen molar-refractivity contribution in [3.05, 3.63) is 40.6 Å². The van der Waals surface area contributed by atoms with E-state index in [1.54, 1.807) is 31.4 Å². The molecule has 0 N–H and O–H groups in total. The lowest BCUT2D eigenvalue weighted by molar-refractivity contribution is -0.142. The average molecular weight is 264 g/mol. The van der Waals surface area contributed by atoms with Crippen LogP contribution in [0.25, 0.3) is 11.3 Å². The minimum absolute atomic E-state index is 0.150. The van der Waals surface area contributed by atoms with Crippen molar-refractivity contribution in [1.82, 2.24) is 0 Å². The topological polar surface area (TPSA) is 78.9 Å². The van der Waals surface area contributed by atoms with Crippen molar-refractivity contribution in [2.45, 2.75) is 13.5 Å². The maximum Gasteiger partial charge on any atom is 0.519 e. The van der Waals surface area contributed by atoms with E-state index in [0.29, 0.717) is 11.3 Å². The highest BCUT2D eigenvalue weighted by molar-refractivity contribution is 5.66. The van der Waals surface area contributed by atoms with Crippen molar-refractivity contribution in [2.24, 2.45) is 0 Å². The predicted molar refractivity (Wildman–Crippen MR) is 64.7 cm³/mol. The minimum atomic E-state index is -0.840. The summed E-state index contributed by atoms with van der Waals surface area (Å²) in [5, 5.41) is 0. The number of rotatable bonds is 4. The molecule has 2 aromatic rings. The lowest BCUT2D eigenvalue weighted by atomic mass is 10.1. The maximum atomic E-state index is 11.2. The van der Waals surface area contributed by atoms with Crippen molar-refractivity contribution in [3.8, 4) is 17.1 Å². The van der Waals surface area contributed by atoms with Gasteiger partial charge in [0, 0.05) is 12.5 Å². The van der Waals surface area contributed by atoms with Gasteiger partial charge in [-0.15, -0.1) is 0 Å². The first-order chi connectivity index (χ1) is 9.10. The first kappa shape index (κ1) is 12.9. The molecule has 0 fully saturated rings. The summed E-state index contributed by atoms with van der Waals surface area (Å²) < 4.78 is 19.6. The summed E-state index contributed by atoms with van der Waals surface area (Å²) >= 11 is 0. The molecule has 0 aliphatic carbocycles. The molecule has 0 bridgehead atoms. The van der Waals surface area contributed by atoms with Crippen LogP contribution in [0.15, 0.2) is 37.9 Å². The van der Waals surface area contributed by atoms with Crippen LogP contribution in [0.3, 0.4) is 0 Å². The fourth-order valence-electron chi connectivity index (χ4n) is 1.53. The molecule has 100 valence electrons. The Balaban J connectivity index is 2.32. The van der Waals surface area contributed by atoms with E-state index in [9.17, 15) is 9.59 Å². The number of ether oxygens (including phenoxy) is 2. The molecule has 2 rings (SSSR count). The zero-order valence-electron chi connectivity index (χ0n) is 10.5. The van der Waals surface area contributed by atoms with E-state index in [4.69, 9.17) is 18.3 Å². The summed E-state index contributed by atoms with van der Waals surface area (Å²) in [6.45, 7) is 1.12. The highest BCUT2D eigenvalue weighted by Crippen LogP contribution is 2.25. The minimum Gasteiger partial charge on any atom is -0.497 e. The Labute approximate surface area is 108 Å². The number of carbonyl (C=O) groups is 1. The molecule has 19 heavy (non-hydrogen) atoms. The molecular formula is C13H12O6. The maximum absolute atomic E-state index is 11.2. The number of benzene rings is 1. The van der Waals surface area contributed by atoms with Crippen molar-refractivity contribution in [1.29, 1.82) is 0 Å². The van der Waals surface area contributed by atoms with Gasteiger partial charge < -0.3 is 18.3 Å². The normalized spacial score (nSPS) is 10.2. The molecule has 0 radical (unpaired) electrons. The van der Waals surface area contributed by atoms with Crippen molar-refractivity contribution in [3.63, 3.8) is 0 Å². The molecule has 0 atom stereocenters. The van der Waals surface area contributed by atoms with Crippen LogP contribution < -0.4 is 10.6 Å². The SMILES string of the molecule is COc1ccc(-c2oc(=O)oc2COC(C)=O)cc1. The van der Waals surface area contributed by atoms with Gasteiger partial charge in [-0.05, 0) is 24.3 Å². The van der Waals surface area contributed by atoms with Gasteiger partial charge in [-0.25, -0.2) is 4.79 Å². The van der Waals surface area contributed by atoms with E-state index in [1.165, 1.54) is 6.92 Å². The molecule has 0 amide bonds. The second-order valence-corrected chi connectivity index (χ2v) is 3.72. The molecule has 6 nitrogen and oxygen atoms in total. The van der Waals surface area contributed by atoms with Crippen LogP contribution in [0.4, 0.5) is 0 Å². The molecule has 0 unspecified atom stereocenters. The van der Waals surface area contributed by atoms with Gasteiger partial charge >= 0.3 is 11.8 Å². The number of carbonyl (C=O) groups excluding carboxylic acids is 1. The van der Waals surface area contributed by atoms with E-state index in [2.05, 4.69) is 0 Å². The third-order valence-corrected chi connectivity index (χ3v) is 2.40. The van der Waals surface area contributed by atoms with Crippen molar-refractivity contribution >= 4 is 5.97 Å². The second kappa shape index (κ2) is 5.43. The monoisotopic (exact) mass is 264 g/mol. The molecule has 1 aromatic heterocycles. The number of hydrogen-bond acceptors (Lipinski definition) is 6. The Morgan fingerprint density at radius 1 is 1.21 bits per heavy atom. The molecule has 0 saturated heterocycles. The largest absolute Gasteiger partial charge is 0.519 e. The number of methoxy groups -OCH3 is 1. The van der Waals surface area contributed by atoms with Gasteiger partial charge in [-0.3, -0.25) is 4.79 Å². The number of esters is 1. The highest BCUT2D eigenvalue weighted by Gasteiger charge is 2.16. The molecular weight excluding hydrogens is 252 g/mol. The molecule has 1 heterocycles. The average Bonchev–Trinajstić information content (AvgIpc) is 2.78. The van der Waals surface area contributed by atoms with Crippen molar-refractivity contribution in [2.75, 3.05) is 7.11 Å². The van der Waals surface area contributed by atoms with Crippen LogP contribution in [0.2, 0.25) is 0 Å². The highest BCUT2D eigenvalue weighted by atomic mass is 16.6. The van der Waals surface area contributed by atoms with E-state index in [1.807, 2.05) is 0 Å². The van der Waals surface area contributed by atoms with Crippen LogP contribution in [0, 0.1) is 0 Å². The van der Waals surface area contributed by atoms with E-state index >= 15 is 0 Å². The smallest absolute Gasteiger partial charge is 0.497 e. The standard InChI is InChI=1S/C13H12O6/c1-8(14)17-7-11-12(19-13(15)18-11)9-3-5-10(16-2)6-4-9/h3-6H,7H2,1-2H3. The Hall–Kier alpha value is -2.50. The van der Waals surface area contributed by atoms with Gasteiger partial charge in [0.05, 0.1) is 7.11 Å². The van der Waals surface area contributed by atoms with Crippen LogP contribution in [0.5, 0.6) is 5.75 Å². The quantitative estimate of drug-likeness (QED) is 0.785. The van der Waals surface area contributed by atoms with Crippen molar-refractivity contribution < 1.29 is 23.1 Å². The Morgan fingerprint density at radius 3 is 2.47 bits per heavy atom. The van der Waals surface area contributed by atoms with E-state index in [0.717, 1.165) is 0 Å². The Kier molecular flexibility index (Phi) is 3.70. The predicted octanol–water partition coefficient (Wildman–Crippen LogP) is 1.97. The summed E-state index contributed by atoms with van der Waals surface area (Å²) in [5.74, 6) is -0.215. The molecule has 0 spiro atoms. The van der Waals surface area contributed by atoms with Gasteiger partial charge in [-0.1, -0.05) is 0 Å². The van der Waals surface area contributed by atoms with Crippen LogP contribution >= 0.6 is 0 Å². The third-order valence-electron chi connectivity index (χ3n) is 2.40. The van der Waals surface area contributed by atoms with Crippen LogP contribution in [-0.2, 0) is 16.1 Å². The molecule has 0 aliphatic rings. The van der Waals surface area contributed by atoms with E-state index < -0.39 is 11.8 Å². The van der Waals surface area contributed by atoms with Gasteiger partial charge in [0.15, 0.2) is 18.1 Å². The Bertz CT molecular complexity index is 619. The van der Waals surface area contributed by atoms with Gasteiger partial charge in [0.2, 0.25) is 0 Å². The first-order valence-electron chi connectivity index (χ1n) is 5.50. The Morgan fingerprint density at radius 2 is 1.89 bits per heavy atom. The summed E-state index contributed by atoms with van der Waals surface area (Å²) in [4.78, 5) is 21.9.